The summed E-state index contributed by atoms with van der Waals surface area (Å²) >= 11 is 2.81. The van der Waals surface area contributed by atoms with Gasteiger partial charge in [0.15, 0.2) is 0 Å². The molecular formula is C13H16N4O3S2. The Hall–Kier alpha value is -1.71. The van der Waals surface area contributed by atoms with Gasteiger partial charge in [0.1, 0.15) is 6.10 Å². The van der Waals surface area contributed by atoms with Crippen LogP contribution in [0.4, 0.5) is 9.93 Å². The quantitative estimate of drug-likeness (QED) is 0.929. The van der Waals surface area contributed by atoms with Crippen molar-refractivity contribution in [1.82, 2.24) is 15.1 Å². The van der Waals surface area contributed by atoms with Crippen LogP contribution in [0.5, 0.6) is 5.19 Å². The SMILES string of the molecule is COc1nnc(NC(=O)N2C[C@@H](c3ccsc3)O[C@@H](C)C2)s1. The number of methoxy groups -OCH3 is 1. The largest absolute Gasteiger partial charge is 0.472 e. The maximum Gasteiger partial charge on any atom is 0.323 e. The summed E-state index contributed by atoms with van der Waals surface area (Å²) in [5.41, 5.74) is 1.10. The Bertz CT molecular complexity index is 631. The molecule has 3 heterocycles. The van der Waals surface area contributed by atoms with Gasteiger partial charge >= 0.3 is 6.03 Å². The Morgan fingerprint density at radius 1 is 1.50 bits per heavy atom. The fourth-order valence-corrected chi connectivity index (χ4v) is 3.52. The van der Waals surface area contributed by atoms with Gasteiger partial charge in [0.25, 0.3) is 5.19 Å². The molecule has 2 amide bonds. The molecule has 0 bridgehead atoms. The zero-order valence-corrected chi connectivity index (χ0v) is 13.8. The van der Waals surface area contributed by atoms with Crippen molar-refractivity contribution >= 4 is 33.8 Å². The summed E-state index contributed by atoms with van der Waals surface area (Å²) < 4.78 is 10.9. The molecule has 0 aliphatic carbocycles. The summed E-state index contributed by atoms with van der Waals surface area (Å²) in [7, 11) is 1.52. The van der Waals surface area contributed by atoms with Crippen molar-refractivity contribution in [3.8, 4) is 5.19 Å². The second-order valence-corrected chi connectivity index (χ2v) is 6.62. The molecule has 0 spiro atoms. The van der Waals surface area contributed by atoms with Crippen LogP contribution in [0.3, 0.4) is 0 Å². The van der Waals surface area contributed by atoms with Crippen molar-refractivity contribution in [1.29, 1.82) is 0 Å². The third-order valence-corrected chi connectivity index (χ3v) is 4.76. The number of nitrogens with zero attached hydrogens (tertiary/aromatic N) is 3. The molecule has 2 aromatic heterocycles. The van der Waals surface area contributed by atoms with Gasteiger partial charge in [0, 0.05) is 6.54 Å². The normalized spacial score (nSPS) is 21.6. The first-order chi connectivity index (χ1) is 10.7. The number of amides is 2. The number of rotatable bonds is 3. The third-order valence-electron chi connectivity index (χ3n) is 3.26. The minimum atomic E-state index is -0.200. The molecule has 1 saturated heterocycles. The van der Waals surface area contributed by atoms with E-state index in [9.17, 15) is 4.79 Å². The lowest BCUT2D eigenvalue weighted by Crippen LogP contribution is -2.47. The number of anilines is 1. The summed E-state index contributed by atoms with van der Waals surface area (Å²) in [5, 5.41) is 15.3. The van der Waals surface area contributed by atoms with E-state index in [0.29, 0.717) is 23.4 Å². The lowest BCUT2D eigenvalue weighted by molar-refractivity contribution is -0.0640. The second-order valence-electron chi connectivity index (χ2n) is 4.90. The van der Waals surface area contributed by atoms with Gasteiger partial charge in [-0.1, -0.05) is 5.10 Å². The highest BCUT2D eigenvalue weighted by Gasteiger charge is 2.30. The van der Waals surface area contributed by atoms with Crippen LogP contribution in [-0.2, 0) is 4.74 Å². The number of ether oxygens (including phenoxy) is 2. The lowest BCUT2D eigenvalue weighted by Gasteiger charge is -2.36. The standard InChI is InChI=1S/C13H16N4O3S2/c1-8-5-17(6-10(20-8)9-3-4-21-7-9)12(18)14-11-15-16-13(19-2)22-11/h3-4,7-8,10H,5-6H2,1-2H3,(H,14,15,18)/t8-,10-/m0/s1. The Kier molecular flexibility index (Phi) is 4.55. The van der Waals surface area contributed by atoms with E-state index in [2.05, 4.69) is 20.9 Å². The fraction of sp³-hybridized carbons (Fsp3) is 0.462. The molecule has 0 saturated carbocycles. The first-order valence-corrected chi connectivity index (χ1v) is 8.52. The van der Waals surface area contributed by atoms with Crippen LogP contribution in [0.1, 0.15) is 18.6 Å². The zero-order chi connectivity index (χ0) is 15.5. The lowest BCUT2D eigenvalue weighted by atomic mass is 10.1. The van der Waals surface area contributed by atoms with Crippen molar-refractivity contribution in [2.24, 2.45) is 0 Å². The molecule has 22 heavy (non-hydrogen) atoms. The molecule has 2 atom stereocenters. The minimum Gasteiger partial charge on any atom is -0.472 e. The van der Waals surface area contributed by atoms with Crippen LogP contribution in [0.25, 0.3) is 0 Å². The average Bonchev–Trinajstić information content (AvgIpc) is 3.18. The number of hydrogen-bond acceptors (Lipinski definition) is 7. The molecule has 1 aliphatic rings. The summed E-state index contributed by atoms with van der Waals surface area (Å²) in [6.07, 6.45) is -0.113. The van der Waals surface area contributed by atoms with Gasteiger partial charge in [0.05, 0.1) is 19.8 Å². The minimum absolute atomic E-state index is 0.0200. The number of aromatic nitrogens is 2. The van der Waals surface area contributed by atoms with Crippen molar-refractivity contribution < 1.29 is 14.3 Å². The van der Waals surface area contributed by atoms with E-state index in [0.717, 1.165) is 5.56 Å². The van der Waals surface area contributed by atoms with Crippen LogP contribution < -0.4 is 10.1 Å². The molecule has 2 aromatic rings. The average molecular weight is 340 g/mol. The fourth-order valence-electron chi connectivity index (χ4n) is 2.27. The van der Waals surface area contributed by atoms with Crippen molar-refractivity contribution in [3.05, 3.63) is 22.4 Å². The van der Waals surface area contributed by atoms with Gasteiger partial charge in [-0.05, 0) is 40.7 Å². The van der Waals surface area contributed by atoms with Gasteiger partial charge < -0.3 is 14.4 Å². The van der Waals surface area contributed by atoms with E-state index in [1.54, 1.807) is 16.2 Å². The van der Waals surface area contributed by atoms with E-state index >= 15 is 0 Å². The van der Waals surface area contributed by atoms with Crippen LogP contribution in [0.15, 0.2) is 16.8 Å². The van der Waals surface area contributed by atoms with Crippen LogP contribution in [0, 0.1) is 0 Å². The maximum atomic E-state index is 12.4. The maximum absolute atomic E-state index is 12.4. The number of carbonyl (C=O) groups excluding carboxylic acids is 1. The molecule has 1 N–H and O–H groups in total. The first kappa shape index (κ1) is 15.2. The number of hydrogen-bond donors (Lipinski definition) is 1. The van der Waals surface area contributed by atoms with Crippen molar-refractivity contribution in [2.75, 3.05) is 25.5 Å². The summed E-state index contributed by atoms with van der Waals surface area (Å²) in [5.74, 6) is 0. The molecule has 1 fully saturated rings. The third kappa shape index (κ3) is 3.37. The molecule has 0 radical (unpaired) electrons. The summed E-state index contributed by atoms with van der Waals surface area (Å²) in [4.78, 5) is 14.1. The molecule has 3 rings (SSSR count). The first-order valence-electron chi connectivity index (χ1n) is 6.76. The van der Waals surface area contributed by atoms with Crippen LogP contribution in [0.2, 0.25) is 0 Å². The number of nitrogens with one attached hydrogen (secondary N) is 1. The van der Waals surface area contributed by atoms with Crippen LogP contribution in [-0.4, -0.2) is 47.4 Å². The van der Waals surface area contributed by atoms with Crippen molar-refractivity contribution in [2.45, 2.75) is 19.1 Å². The van der Waals surface area contributed by atoms with Gasteiger partial charge in [0.2, 0.25) is 5.13 Å². The molecule has 0 unspecified atom stereocenters. The van der Waals surface area contributed by atoms with E-state index < -0.39 is 0 Å². The predicted octanol–water partition coefficient (Wildman–Crippen LogP) is 2.60. The Morgan fingerprint density at radius 3 is 3.05 bits per heavy atom. The second kappa shape index (κ2) is 6.59. The monoisotopic (exact) mass is 340 g/mol. The molecule has 7 nitrogen and oxygen atoms in total. The predicted molar refractivity (Wildman–Crippen MR) is 84.7 cm³/mol. The van der Waals surface area contributed by atoms with E-state index in [1.165, 1.54) is 18.4 Å². The molecule has 0 aromatic carbocycles. The zero-order valence-electron chi connectivity index (χ0n) is 12.2. The Morgan fingerprint density at radius 2 is 2.36 bits per heavy atom. The number of morpholine rings is 1. The topological polar surface area (TPSA) is 76.6 Å². The van der Waals surface area contributed by atoms with Gasteiger partial charge in [-0.15, -0.1) is 5.10 Å². The van der Waals surface area contributed by atoms with Crippen LogP contribution >= 0.6 is 22.7 Å². The highest BCUT2D eigenvalue weighted by Crippen LogP contribution is 2.28. The van der Waals surface area contributed by atoms with Gasteiger partial charge in [-0.2, -0.15) is 11.3 Å². The van der Waals surface area contributed by atoms with E-state index in [-0.39, 0.29) is 18.2 Å². The Labute approximate surface area is 135 Å². The molecule has 118 valence electrons. The highest BCUT2D eigenvalue weighted by atomic mass is 32.1. The van der Waals surface area contributed by atoms with E-state index in [1.807, 2.05) is 18.4 Å². The van der Waals surface area contributed by atoms with Gasteiger partial charge in [-0.25, -0.2) is 4.79 Å². The smallest absolute Gasteiger partial charge is 0.323 e. The van der Waals surface area contributed by atoms with E-state index in [4.69, 9.17) is 9.47 Å². The molecule has 1 aliphatic heterocycles. The molecule has 9 heteroatoms. The van der Waals surface area contributed by atoms with Crippen molar-refractivity contribution in [3.63, 3.8) is 0 Å². The highest BCUT2D eigenvalue weighted by molar-refractivity contribution is 7.17. The number of thiophene rings is 1. The van der Waals surface area contributed by atoms with Gasteiger partial charge in [-0.3, -0.25) is 5.32 Å². The summed E-state index contributed by atoms with van der Waals surface area (Å²) in [6.45, 7) is 3.03. The summed E-state index contributed by atoms with van der Waals surface area (Å²) in [6, 6.07) is 1.83. The molecular weight excluding hydrogens is 324 g/mol. The number of carbonyl (C=O) groups is 1. The Balaban J connectivity index is 1.66. The number of urea groups is 1.